The number of nitrogens with one attached hydrogen (secondary N) is 3. The van der Waals surface area contributed by atoms with E-state index in [-0.39, 0.29) is 25.3 Å². The lowest BCUT2D eigenvalue weighted by molar-refractivity contribution is -0.225. The van der Waals surface area contributed by atoms with E-state index in [9.17, 15) is 14.4 Å². The van der Waals surface area contributed by atoms with Crippen molar-refractivity contribution in [3.63, 3.8) is 0 Å². The molecule has 5 rings (SSSR count). The molecule has 9 heteroatoms. The van der Waals surface area contributed by atoms with Gasteiger partial charge in [-0.15, -0.1) is 0 Å². The highest BCUT2D eigenvalue weighted by molar-refractivity contribution is 6.33. The maximum absolute atomic E-state index is 13.0. The first kappa shape index (κ1) is 27.7. The second-order valence-corrected chi connectivity index (χ2v) is 11.0. The topological polar surface area (TPSA) is 106 Å². The fourth-order valence-corrected chi connectivity index (χ4v) is 5.36. The van der Waals surface area contributed by atoms with Crippen LogP contribution in [0.4, 0.5) is 5.69 Å². The molecule has 3 aromatic rings. The normalized spacial score (nSPS) is 16.7. The molecule has 0 saturated carbocycles. The molecule has 0 unspecified atom stereocenters. The number of fused-ring (bicyclic) bond motifs is 2. The van der Waals surface area contributed by atoms with Crippen LogP contribution in [0.1, 0.15) is 59.3 Å². The van der Waals surface area contributed by atoms with Crippen LogP contribution in [0.5, 0.6) is 0 Å². The molecule has 2 aliphatic rings. The van der Waals surface area contributed by atoms with E-state index in [0.29, 0.717) is 41.3 Å². The van der Waals surface area contributed by atoms with E-state index in [2.05, 4.69) is 16.0 Å². The van der Waals surface area contributed by atoms with Gasteiger partial charge in [-0.2, -0.15) is 0 Å². The molecular formula is C31H32ClN3O5. The smallest absolute Gasteiger partial charge is 0.309 e. The average molecular weight is 562 g/mol. The summed E-state index contributed by atoms with van der Waals surface area (Å²) in [6.07, 6.45) is 0.546. The third-order valence-corrected chi connectivity index (χ3v) is 7.59. The van der Waals surface area contributed by atoms with Crippen molar-refractivity contribution in [2.24, 2.45) is 0 Å². The minimum atomic E-state index is -1.54. The van der Waals surface area contributed by atoms with E-state index in [4.69, 9.17) is 21.1 Å². The van der Waals surface area contributed by atoms with Gasteiger partial charge in [0.1, 0.15) is 0 Å². The third kappa shape index (κ3) is 5.83. The molecule has 2 heterocycles. The highest BCUT2D eigenvalue weighted by Crippen LogP contribution is 2.40. The molecule has 2 aliphatic heterocycles. The SMILES string of the molecule is CC(C)(NC(=O)c1ccc(CNc2c(Cl)ccc3c2CCNCC32OC(=O)CCC(=O)O2)cc1)c1ccccc1. The quantitative estimate of drug-likeness (QED) is 0.371. The van der Waals surface area contributed by atoms with Gasteiger partial charge in [-0.1, -0.05) is 54.1 Å². The Morgan fingerprint density at radius 2 is 1.62 bits per heavy atom. The lowest BCUT2D eigenvalue weighted by Crippen LogP contribution is -2.43. The number of carbonyl (C=O) groups is 3. The molecule has 1 amide bonds. The van der Waals surface area contributed by atoms with Crippen LogP contribution in [0.25, 0.3) is 0 Å². The number of anilines is 1. The molecule has 0 aromatic heterocycles. The highest BCUT2D eigenvalue weighted by atomic mass is 35.5. The van der Waals surface area contributed by atoms with Crippen molar-refractivity contribution < 1.29 is 23.9 Å². The number of halogens is 1. The summed E-state index contributed by atoms with van der Waals surface area (Å²) in [7, 11) is 0. The summed E-state index contributed by atoms with van der Waals surface area (Å²) < 4.78 is 11.4. The van der Waals surface area contributed by atoms with Gasteiger partial charge in [0.15, 0.2) is 0 Å². The first-order valence-corrected chi connectivity index (χ1v) is 13.7. The average Bonchev–Trinajstić information content (AvgIpc) is 3.20. The van der Waals surface area contributed by atoms with E-state index in [1.165, 1.54) is 0 Å². The maximum Gasteiger partial charge on any atom is 0.309 e. The predicted molar refractivity (Wildman–Crippen MR) is 152 cm³/mol. The van der Waals surface area contributed by atoms with Crippen LogP contribution in [0.3, 0.4) is 0 Å². The molecule has 1 saturated heterocycles. The zero-order valence-corrected chi connectivity index (χ0v) is 23.3. The van der Waals surface area contributed by atoms with Gasteiger partial charge in [-0.05, 0) is 67.8 Å². The van der Waals surface area contributed by atoms with Gasteiger partial charge < -0.3 is 25.4 Å². The number of carbonyl (C=O) groups excluding carboxylic acids is 3. The zero-order chi connectivity index (χ0) is 28.3. The van der Waals surface area contributed by atoms with Crippen molar-refractivity contribution in [3.05, 3.63) is 99.6 Å². The van der Waals surface area contributed by atoms with Gasteiger partial charge in [0.25, 0.3) is 11.7 Å². The second kappa shape index (κ2) is 11.3. The molecule has 3 N–H and O–H groups in total. The summed E-state index contributed by atoms with van der Waals surface area (Å²) in [6, 6.07) is 20.7. The molecule has 0 radical (unpaired) electrons. The molecule has 208 valence electrons. The Hall–Kier alpha value is -3.88. The van der Waals surface area contributed by atoms with Crippen molar-refractivity contribution in [1.82, 2.24) is 10.6 Å². The van der Waals surface area contributed by atoms with Crippen LogP contribution in [0, 0.1) is 0 Å². The Balaban J connectivity index is 1.33. The van der Waals surface area contributed by atoms with Crippen molar-refractivity contribution in [2.75, 3.05) is 18.4 Å². The Bertz CT molecular complexity index is 1400. The first-order chi connectivity index (χ1) is 19.2. The van der Waals surface area contributed by atoms with E-state index in [1.54, 1.807) is 24.3 Å². The van der Waals surface area contributed by atoms with E-state index >= 15 is 0 Å². The Morgan fingerprint density at radius 3 is 2.30 bits per heavy atom. The number of esters is 2. The Kier molecular flexibility index (Phi) is 7.83. The Morgan fingerprint density at radius 1 is 0.950 bits per heavy atom. The van der Waals surface area contributed by atoms with Crippen LogP contribution in [-0.4, -0.2) is 30.9 Å². The lowest BCUT2D eigenvalue weighted by Gasteiger charge is -2.32. The van der Waals surface area contributed by atoms with Crippen LogP contribution >= 0.6 is 11.6 Å². The summed E-state index contributed by atoms with van der Waals surface area (Å²) in [5.74, 6) is -2.67. The predicted octanol–water partition coefficient (Wildman–Crippen LogP) is 4.80. The number of benzene rings is 3. The first-order valence-electron chi connectivity index (χ1n) is 13.3. The number of rotatable bonds is 6. The summed E-state index contributed by atoms with van der Waals surface area (Å²) in [4.78, 5) is 37.7. The van der Waals surface area contributed by atoms with Crippen LogP contribution in [-0.2, 0) is 43.4 Å². The summed E-state index contributed by atoms with van der Waals surface area (Å²) in [6.45, 7) is 5.13. The van der Waals surface area contributed by atoms with E-state index in [1.807, 2.05) is 56.3 Å². The van der Waals surface area contributed by atoms with Crippen molar-refractivity contribution in [3.8, 4) is 0 Å². The van der Waals surface area contributed by atoms with Crippen LogP contribution in [0.15, 0.2) is 66.7 Å². The van der Waals surface area contributed by atoms with Gasteiger partial charge in [0.05, 0.1) is 35.6 Å². The summed E-state index contributed by atoms with van der Waals surface area (Å²) in [5, 5.41) is 10.2. The molecule has 40 heavy (non-hydrogen) atoms. The minimum absolute atomic E-state index is 0.0214. The molecule has 0 atom stereocenters. The number of ether oxygens (including phenoxy) is 2. The minimum Gasteiger partial charge on any atom is -0.416 e. The van der Waals surface area contributed by atoms with Gasteiger partial charge in [-0.3, -0.25) is 14.4 Å². The third-order valence-electron chi connectivity index (χ3n) is 7.28. The molecular weight excluding hydrogens is 530 g/mol. The van der Waals surface area contributed by atoms with E-state index in [0.717, 1.165) is 16.7 Å². The van der Waals surface area contributed by atoms with Crippen molar-refractivity contribution in [2.45, 2.75) is 51.0 Å². The van der Waals surface area contributed by atoms with Gasteiger partial charge in [0, 0.05) is 17.7 Å². The lowest BCUT2D eigenvalue weighted by atomic mass is 9.94. The molecule has 0 bridgehead atoms. The summed E-state index contributed by atoms with van der Waals surface area (Å²) in [5.41, 5.74) is 4.11. The van der Waals surface area contributed by atoms with E-state index < -0.39 is 23.3 Å². The largest absolute Gasteiger partial charge is 0.416 e. The fraction of sp³-hybridized carbons (Fsp3) is 0.323. The second-order valence-electron chi connectivity index (χ2n) is 10.6. The highest BCUT2D eigenvalue weighted by Gasteiger charge is 2.46. The van der Waals surface area contributed by atoms with Crippen molar-refractivity contribution in [1.29, 1.82) is 0 Å². The van der Waals surface area contributed by atoms with Crippen LogP contribution < -0.4 is 16.0 Å². The molecule has 1 fully saturated rings. The number of amides is 1. The molecule has 0 aliphatic carbocycles. The maximum atomic E-state index is 13.0. The van der Waals surface area contributed by atoms with Gasteiger partial charge in [-0.25, -0.2) is 0 Å². The Labute approximate surface area is 238 Å². The zero-order valence-electron chi connectivity index (χ0n) is 22.5. The fourth-order valence-electron chi connectivity index (χ4n) is 5.11. The van der Waals surface area contributed by atoms with Crippen molar-refractivity contribution >= 4 is 35.1 Å². The molecule has 1 spiro atoms. The molecule has 8 nitrogen and oxygen atoms in total. The monoisotopic (exact) mass is 561 g/mol. The molecule has 3 aromatic carbocycles. The number of hydrogen-bond donors (Lipinski definition) is 3. The summed E-state index contributed by atoms with van der Waals surface area (Å²) >= 11 is 6.63. The standard InChI is InChI=1S/C31H32ClN3O5/c1-30(2,22-6-4-3-5-7-22)35-29(38)21-10-8-20(9-11-21)18-34-28-23-16-17-33-19-31(24(23)12-13-25(28)32)39-26(36)14-15-27(37)40-31/h3-13,33-34H,14-19H2,1-2H3,(H,35,38). The van der Waals surface area contributed by atoms with Gasteiger partial charge in [0.2, 0.25) is 0 Å². The van der Waals surface area contributed by atoms with Crippen LogP contribution in [0.2, 0.25) is 5.02 Å². The number of hydrogen-bond acceptors (Lipinski definition) is 7. The van der Waals surface area contributed by atoms with Gasteiger partial charge >= 0.3 is 11.9 Å².